The number of nitrogens with zero attached hydrogens (tertiary/aromatic N) is 2. The minimum absolute atomic E-state index is 0.111. The van der Waals surface area contributed by atoms with E-state index in [-0.39, 0.29) is 43.3 Å². The van der Waals surface area contributed by atoms with Gasteiger partial charge in [0.05, 0.1) is 33.4 Å². The van der Waals surface area contributed by atoms with Crippen LogP contribution in [0.3, 0.4) is 0 Å². The Morgan fingerprint density at radius 2 is 0.427 bits per heavy atom. The minimum Gasteiger partial charge on any atom is -0.308 e. The number of pyridine rings is 2. The van der Waals surface area contributed by atoms with Gasteiger partial charge in [-0.3, -0.25) is 9.59 Å². The van der Waals surface area contributed by atoms with E-state index in [2.05, 4.69) is 94.1 Å². The molecule has 24 saturated carbocycles. The lowest BCUT2D eigenvalue weighted by molar-refractivity contribution is -0.0119. The quantitative estimate of drug-likeness (QED) is 0.142. The zero-order valence-electron chi connectivity index (χ0n) is 57.6. The number of benzene rings is 5. The lowest BCUT2D eigenvalue weighted by atomic mass is 9.44. The SMILES string of the molecule is O=c1c2ccccc2n(-c2c(C34CC5CC(CC(C5)C3)C4)cc(C34CC5CC(CC(C5)C3)C4)cc2C23CC4CC(CC(C4)C2)C3)c2cc3c(=O)c4ccccc4n(-c4c(C56CC7CC(CC(C7)C5)C6)cc(C56CC7CC(CC(C7)C5)C6)cc4C45CC6CC(CC(C6)C4)C5)c3cc12. The summed E-state index contributed by atoms with van der Waals surface area (Å²) in [6, 6.07) is 34.9. The highest BCUT2D eigenvalue weighted by atomic mass is 16.1. The van der Waals surface area contributed by atoms with Crippen molar-refractivity contribution in [3.8, 4) is 11.4 Å². The van der Waals surface area contributed by atoms with Crippen molar-refractivity contribution in [1.29, 1.82) is 0 Å². The summed E-state index contributed by atoms with van der Waals surface area (Å²) < 4.78 is 5.61. The molecule has 24 bridgehead atoms. The maximum absolute atomic E-state index is 16.8. The molecule has 0 spiro atoms. The fraction of sp³-hybridized carbons (Fsp3) is 0.652. The van der Waals surface area contributed by atoms with Gasteiger partial charge in [0.2, 0.25) is 0 Å². The Bertz CT molecular complexity index is 4090. The first-order valence-corrected chi connectivity index (χ1v) is 41.3. The standard InChI is InChI=1S/C92H104N2O2/c95-85-71-5-1-3-7-79(71)93(83-75(89-39-57-15-58(40-89)17-59(16-57)41-89)27-69(87-33-51-9-52(34-87)11-53(10-51)35-87)28-76(83)90-42-60-18-61(43-90)20-62(19-60)44-90)81-32-74-82(31-73(81)85)94(80-8-4-2-6-72(80)86(74)96)84-77(91-45-63-21-64(46-91)23-65(22-63)47-91)29-70(88-36-54-12-55(37-88)14-56(13-54)38-88)30-78(84)92-48-66-24-67(49-92)26-68(25-66)50-92/h1-8,27-32,51-68H,9-26,33-50H2. The van der Waals surface area contributed by atoms with E-state index in [0.717, 1.165) is 150 Å². The van der Waals surface area contributed by atoms with E-state index in [1.54, 1.807) is 33.4 Å². The van der Waals surface area contributed by atoms with Crippen LogP contribution in [0, 0.1) is 107 Å². The van der Waals surface area contributed by atoms with E-state index in [4.69, 9.17) is 0 Å². The number of aromatic nitrogens is 2. The average Bonchev–Trinajstić information content (AvgIpc) is 0.687. The number of para-hydroxylation sites is 2. The van der Waals surface area contributed by atoms with Crippen LogP contribution in [0.5, 0.6) is 0 Å². The van der Waals surface area contributed by atoms with Crippen LogP contribution in [-0.2, 0) is 32.5 Å². The molecule has 0 atom stereocenters. The van der Waals surface area contributed by atoms with E-state index >= 15 is 9.59 Å². The molecule has 4 heteroatoms. The number of hydrogen-bond acceptors (Lipinski definition) is 2. The Kier molecular flexibility index (Phi) is 10.9. The molecule has 2 aromatic heterocycles. The van der Waals surface area contributed by atoms with Crippen molar-refractivity contribution < 1.29 is 0 Å². The molecular formula is C92H104N2O2. The Balaban J connectivity index is 0.809. The van der Waals surface area contributed by atoms with Crippen LogP contribution in [0.1, 0.15) is 265 Å². The molecule has 24 aliphatic carbocycles. The predicted molar refractivity (Wildman–Crippen MR) is 387 cm³/mol. The second kappa shape index (κ2) is 18.8. The maximum Gasteiger partial charge on any atom is 0.197 e. The zero-order chi connectivity index (χ0) is 62.3. The highest BCUT2D eigenvalue weighted by Gasteiger charge is 2.62. The van der Waals surface area contributed by atoms with Gasteiger partial charge in [0.15, 0.2) is 10.9 Å². The average molecular weight is 1270 g/mol. The first-order valence-electron chi connectivity index (χ1n) is 41.3. The molecule has 5 aromatic carbocycles. The van der Waals surface area contributed by atoms with E-state index in [1.807, 2.05) is 0 Å². The molecule has 24 aliphatic rings. The zero-order valence-corrected chi connectivity index (χ0v) is 57.6. The third-order valence-electron chi connectivity index (χ3n) is 35.3. The molecule has 24 fully saturated rings. The highest BCUT2D eigenvalue weighted by molar-refractivity contribution is 6.06. The van der Waals surface area contributed by atoms with E-state index in [9.17, 15) is 0 Å². The molecule has 0 saturated heterocycles. The largest absolute Gasteiger partial charge is 0.308 e. The van der Waals surface area contributed by atoms with Gasteiger partial charge >= 0.3 is 0 Å². The van der Waals surface area contributed by atoms with Crippen molar-refractivity contribution in [2.45, 2.75) is 264 Å². The summed E-state index contributed by atoms with van der Waals surface area (Å²) in [7, 11) is 0. The van der Waals surface area contributed by atoms with Gasteiger partial charge < -0.3 is 9.13 Å². The Hall–Kier alpha value is -4.96. The van der Waals surface area contributed by atoms with Crippen LogP contribution in [0.15, 0.2) is 94.5 Å². The molecule has 494 valence electrons. The Morgan fingerprint density at radius 1 is 0.229 bits per heavy atom. The van der Waals surface area contributed by atoms with Gasteiger partial charge in [0.1, 0.15) is 0 Å². The van der Waals surface area contributed by atoms with E-state index in [0.29, 0.717) is 0 Å². The third kappa shape index (κ3) is 7.52. The van der Waals surface area contributed by atoms with Gasteiger partial charge in [-0.1, -0.05) is 48.5 Å². The maximum atomic E-state index is 16.8. The van der Waals surface area contributed by atoms with Gasteiger partial charge in [0, 0.05) is 21.5 Å². The summed E-state index contributed by atoms with van der Waals surface area (Å²) in [6.07, 6.45) is 50.3. The van der Waals surface area contributed by atoms with Crippen molar-refractivity contribution in [3.63, 3.8) is 0 Å². The number of fused-ring (bicyclic) bond motifs is 4. The molecule has 7 aromatic rings. The summed E-state index contributed by atoms with van der Waals surface area (Å²) in [4.78, 5) is 33.6. The minimum atomic E-state index is 0.111. The lowest BCUT2D eigenvalue weighted by Crippen LogP contribution is -2.52. The molecule has 0 aliphatic heterocycles. The van der Waals surface area contributed by atoms with Crippen LogP contribution in [0.25, 0.3) is 55.0 Å². The van der Waals surface area contributed by atoms with Crippen molar-refractivity contribution in [2.24, 2.45) is 107 Å². The molecule has 96 heavy (non-hydrogen) atoms. The molecule has 4 nitrogen and oxygen atoms in total. The molecule has 31 rings (SSSR count). The summed E-state index contributed by atoms with van der Waals surface area (Å²) >= 11 is 0. The highest BCUT2D eigenvalue weighted by Crippen LogP contribution is 2.71. The van der Waals surface area contributed by atoms with Gasteiger partial charge in [-0.05, 0) is 440 Å². The van der Waals surface area contributed by atoms with Crippen LogP contribution in [0.2, 0.25) is 0 Å². The van der Waals surface area contributed by atoms with Crippen LogP contribution < -0.4 is 10.9 Å². The third-order valence-corrected chi connectivity index (χ3v) is 35.3. The smallest absolute Gasteiger partial charge is 0.197 e. The fourth-order valence-electron chi connectivity index (χ4n) is 34.7. The van der Waals surface area contributed by atoms with Gasteiger partial charge in [-0.2, -0.15) is 0 Å². The Labute approximate surface area is 569 Å². The van der Waals surface area contributed by atoms with Gasteiger partial charge in [-0.25, -0.2) is 0 Å². The second-order valence-electron chi connectivity index (χ2n) is 41.3. The summed E-state index contributed by atoms with van der Waals surface area (Å²) in [6.45, 7) is 0. The monoisotopic (exact) mass is 1270 g/mol. The molecular weight excluding hydrogens is 1170 g/mol. The fourth-order valence-corrected chi connectivity index (χ4v) is 34.7. The first kappa shape index (κ1) is 55.8. The normalized spacial score (nSPS) is 46.2. The summed E-state index contributed by atoms with van der Waals surface area (Å²) in [5.74, 6) is 15.0. The van der Waals surface area contributed by atoms with Gasteiger partial charge in [0.25, 0.3) is 0 Å². The van der Waals surface area contributed by atoms with Crippen LogP contribution >= 0.6 is 0 Å². The molecule has 2 heterocycles. The molecule has 0 N–H and O–H groups in total. The van der Waals surface area contributed by atoms with Crippen molar-refractivity contribution >= 4 is 43.6 Å². The van der Waals surface area contributed by atoms with Crippen molar-refractivity contribution in [3.05, 3.63) is 139 Å². The van der Waals surface area contributed by atoms with Crippen LogP contribution in [0.4, 0.5) is 0 Å². The molecule has 0 radical (unpaired) electrons. The predicted octanol–water partition coefficient (Wildman–Crippen LogP) is 21.4. The second-order valence-corrected chi connectivity index (χ2v) is 41.3. The first-order chi connectivity index (χ1) is 46.8. The van der Waals surface area contributed by atoms with E-state index < -0.39 is 0 Å². The molecule has 0 amide bonds. The van der Waals surface area contributed by atoms with Crippen molar-refractivity contribution in [2.75, 3.05) is 0 Å². The molecule has 0 unspecified atom stereocenters. The topological polar surface area (TPSA) is 44.0 Å². The van der Waals surface area contributed by atoms with E-state index in [1.165, 1.54) is 243 Å². The lowest BCUT2D eigenvalue weighted by Gasteiger charge is -2.60. The van der Waals surface area contributed by atoms with Crippen molar-refractivity contribution in [1.82, 2.24) is 9.13 Å². The Morgan fingerprint density at radius 3 is 0.646 bits per heavy atom. The number of rotatable bonds is 8. The van der Waals surface area contributed by atoms with Crippen LogP contribution in [-0.4, -0.2) is 9.13 Å². The number of hydrogen-bond donors (Lipinski definition) is 0. The summed E-state index contributed by atoms with van der Waals surface area (Å²) in [5.41, 5.74) is 18.8. The van der Waals surface area contributed by atoms with Gasteiger partial charge in [-0.15, -0.1) is 0 Å². The summed E-state index contributed by atoms with van der Waals surface area (Å²) in [5, 5.41) is 3.39.